The van der Waals surface area contributed by atoms with E-state index >= 15 is 0 Å². The normalized spacial score (nSPS) is 30.7. The molecule has 3 atom stereocenters. The lowest BCUT2D eigenvalue weighted by Crippen LogP contribution is -2.57. The van der Waals surface area contributed by atoms with E-state index in [2.05, 4.69) is 10.2 Å². The van der Waals surface area contributed by atoms with Gasteiger partial charge in [-0.1, -0.05) is 25.7 Å². The van der Waals surface area contributed by atoms with E-state index in [0.717, 1.165) is 32.2 Å². The second-order valence-corrected chi connectivity index (χ2v) is 7.51. The van der Waals surface area contributed by atoms with Gasteiger partial charge >= 0.3 is 0 Å². The van der Waals surface area contributed by atoms with E-state index in [1.807, 2.05) is 0 Å². The summed E-state index contributed by atoms with van der Waals surface area (Å²) in [6.07, 6.45) is 12.0. The van der Waals surface area contributed by atoms with Crippen molar-refractivity contribution in [1.29, 1.82) is 0 Å². The molecule has 0 aromatic rings. The number of hydrogen-bond acceptors (Lipinski definition) is 2. The summed E-state index contributed by atoms with van der Waals surface area (Å²) in [5.41, 5.74) is 0. The summed E-state index contributed by atoms with van der Waals surface area (Å²) in [5.74, 6) is 1.19. The Bertz CT molecular complexity index is 415. The van der Waals surface area contributed by atoms with Crippen LogP contribution in [0.25, 0.3) is 0 Å². The molecular formula is C18H30N2O2. The van der Waals surface area contributed by atoms with Crippen LogP contribution in [0.3, 0.4) is 0 Å². The van der Waals surface area contributed by atoms with Crippen molar-refractivity contribution in [1.82, 2.24) is 10.2 Å². The molecule has 0 radical (unpaired) electrons. The number of nitrogens with zero attached hydrogens (tertiary/aromatic N) is 1. The summed E-state index contributed by atoms with van der Waals surface area (Å²) in [5, 5.41) is 2.98. The fourth-order valence-corrected chi connectivity index (χ4v) is 4.97. The van der Waals surface area contributed by atoms with Crippen LogP contribution in [0.5, 0.6) is 0 Å². The lowest BCUT2D eigenvalue weighted by Gasteiger charge is -2.45. The molecule has 1 N–H and O–H groups in total. The highest BCUT2D eigenvalue weighted by atomic mass is 16.2. The van der Waals surface area contributed by atoms with E-state index in [4.69, 9.17) is 0 Å². The van der Waals surface area contributed by atoms with E-state index in [1.165, 1.54) is 45.4 Å². The molecule has 0 spiro atoms. The van der Waals surface area contributed by atoms with Crippen LogP contribution in [0.2, 0.25) is 0 Å². The number of hydrogen-bond donors (Lipinski definition) is 1. The van der Waals surface area contributed by atoms with Crippen molar-refractivity contribution in [3.63, 3.8) is 0 Å². The minimum atomic E-state index is -0.277. The van der Waals surface area contributed by atoms with Gasteiger partial charge in [-0.2, -0.15) is 0 Å². The van der Waals surface area contributed by atoms with Crippen LogP contribution in [-0.4, -0.2) is 35.3 Å². The molecule has 3 rings (SSSR count). The maximum Gasteiger partial charge on any atom is 0.245 e. The second kappa shape index (κ2) is 7.01. The Morgan fingerprint density at radius 2 is 1.59 bits per heavy atom. The quantitative estimate of drug-likeness (QED) is 0.871. The molecule has 3 unspecified atom stereocenters. The number of carbonyl (C=O) groups excluding carboxylic acids is 2. The minimum absolute atomic E-state index is 0.0672. The molecule has 2 saturated carbocycles. The molecule has 1 heterocycles. The number of amides is 2. The fraction of sp³-hybridized carbons (Fsp3) is 0.889. The van der Waals surface area contributed by atoms with Crippen molar-refractivity contribution in [2.45, 2.75) is 83.2 Å². The van der Waals surface area contributed by atoms with Crippen LogP contribution < -0.4 is 5.32 Å². The highest BCUT2D eigenvalue weighted by molar-refractivity contribution is 5.87. The first-order valence-corrected chi connectivity index (χ1v) is 9.24. The molecule has 0 bridgehead atoms. The van der Waals surface area contributed by atoms with Gasteiger partial charge in [-0.05, 0) is 50.4 Å². The molecule has 22 heavy (non-hydrogen) atoms. The number of likely N-dealkylation sites (tertiary alicyclic amines) is 1. The van der Waals surface area contributed by atoms with E-state index < -0.39 is 0 Å². The van der Waals surface area contributed by atoms with Crippen LogP contribution in [0.1, 0.15) is 71.1 Å². The average Bonchev–Trinajstić information content (AvgIpc) is 3.05. The zero-order valence-electron chi connectivity index (χ0n) is 13.9. The van der Waals surface area contributed by atoms with Crippen LogP contribution in [0.15, 0.2) is 0 Å². The number of rotatable bonds is 3. The minimum Gasteiger partial charge on any atom is -0.344 e. The largest absolute Gasteiger partial charge is 0.344 e. The molecule has 1 saturated heterocycles. The van der Waals surface area contributed by atoms with E-state index in [1.54, 1.807) is 0 Å². The van der Waals surface area contributed by atoms with E-state index in [0.29, 0.717) is 17.9 Å². The summed E-state index contributed by atoms with van der Waals surface area (Å²) in [4.78, 5) is 26.9. The van der Waals surface area contributed by atoms with Gasteiger partial charge in [-0.15, -0.1) is 0 Å². The van der Waals surface area contributed by atoms with Gasteiger partial charge in [0.15, 0.2) is 0 Å². The maximum absolute atomic E-state index is 13.2. The molecule has 4 heteroatoms. The standard InChI is InChI=1S/C18H30N2O2/c1-13(21)19-17(15-8-2-3-9-15)18(22)20-12-6-10-14-7-4-5-11-16(14)20/h14-17H,2-12H2,1H3,(H,19,21). The highest BCUT2D eigenvalue weighted by Crippen LogP contribution is 2.37. The Hall–Kier alpha value is -1.06. The summed E-state index contributed by atoms with van der Waals surface area (Å²) in [6.45, 7) is 2.43. The summed E-state index contributed by atoms with van der Waals surface area (Å²) < 4.78 is 0. The Kier molecular flexibility index (Phi) is 5.04. The molecular weight excluding hydrogens is 276 g/mol. The van der Waals surface area contributed by atoms with Gasteiger partial charge in [-0.25, -0.2) is 0 Å². The number of carbonyl (C=O) groups is 2. The third-order valence-corrected chi connectivity index (χ3v) is 6.02. The molecule has 2 aliphatic carbocycles. The molecule has 4 nitrogen and oxygen atoms in total. The van der Waals surface area contributed by atoms with Crippen molar-refractivity contribution in [2.24, 2.45) is 11.8 Å². The zero-order valence-corrected chi connectivity index (χ0v) is 13.9. The zero-order chi connectivity index (χ0) is 15.5. The average molecular weight is 306 g/mol. The first-order chi connectivity index (χ1) is 10.7. The Labute approximate surface area is 134 Å². The van der Waals surface area contributed by atoms with Gasteiger partial charge < -0.3 is 10.2 Å². The summed E-state index contributed by atoms with van der Waals surface area (Å²) in [6, 6.07) is 0.160. The van der Waals surface area contributed by atoms with Gasteiger partial charge in [-0.3, -0.25) is 9.59 Å². The van der Waals surface area contributed by atoms with Crippen LogP contribution in [0.4, 0.5) is 0 Å². The van der Waals surface area contributed by atoms with Gasteiger partial charge in [0, 0.05) is 19.5 Å². The van der Waals surface area contributed by atoms with Crippen LogP contribution >= 0.6 is 0 Å². The predicted molar refractivity (Wildman–Crippen MR) is 86.3 cm³/mol. The van der Waals surface area contributed by atoms with Crippen molar-refractivity contribution in [3.05, 3.63) is 0 Å². The monoisotopic (exact) mass is 306 g/mol. The van der Waals surface area contributed by atoms with Crippen LogP contribution in [-0.2, 0) is 9.59 Å². The Morgan fingerprint density at radius 3 is 2.32 bits per heavy atom. The smallest absolute Gasteiger partial charge is 0.245 e. The van der Waals surface area contributed by atoms with E-state index in [9.17, 15) is 9.59 Å². The fourth-order valence-electron chi connectivity index (χ4n) is 4.97. The first kappa shape index (κ1) is 15.8. The molecule has 2 amide bonds. The Morgan fingerprint density at radius 1 is 0.955 bits per heavy atom. The predicted octanol–water partition coefficient (Wildman–Crippen LogP) is 2.86. The Balaban J connectivity index is 1.74. The van der Waals surface area contributed by atoms with Crippen molar-refractivity contribution in [2.75, 3.05) is 6.54 Å². The molecule has 0 aromatic heterocycles. The third-order valence-electron chi connectivity index (χ3n) is 6.02. The lowest BCUT2D eigenvalue weighted by molar-refractivity contribution is -0.143. The first-order valence-electron chi connectivity index (χ1n) is 9.24. The van der Waals surface area contributed by atoms with Gasteiger partial charge in [0.1, 0.15) is 6.04 Å². The van der Waals surface area contributed by atoms with Crippen molar-refractivity contribution < 1.29 is 9.59 Å². The second-order valence-electron chi connectivity index (χ2n) is 7.51. The molecule has 1 aliphatic heterocycles. The van der Waals surface area contributed by atoms with Gasteiger partial charge in [0.05, 0.1) is 0 Å². The SMILES string of the molecule is CC(=O)NC(C(=O)N1CCCC2CCCCC21)C1CCCC1. The van der Waals surface area contributed by atoms with Gasteiger partial charge in [0.25, 0.3) is 0 Å². The summed E-state index contributed by atoms with van der Waals surface area (Å²) in [7, 11) is 0. The third kappa shape index (κ3) is 3.31. The van der Waals surface area contributed by atoms with Crippen LogP contribution in [0, 0.1) is 11.8 Å². The lowest BCUT2D eigenvalue weighted by atomic mass is 9.78. The number of nitrogens with one attached hydrogen (secondary N) is 1. The molecule has 3 fully saturated rings. The molecule has 124 valence electrons. The summed E-state index contributed by atoms with van der Waals surface area (Å²) >= 11 is 0. The van der Waals surface area contributed by atoms with E-state index in [-0.39, 0.29) is 17.9 Å². The topological polar surface area (TPSA) is 49.4 Å². The number of fused-ring (bicyclic) bond motifs is 1. The highest BCUT2D eigenvalue weighted by Gasteiger charge is 2.40. The molecule has 3 aliphatic rings. The number of piperidine rings is 1. The molecule has 0 aromatic carbocycles. The van der Waals surface area contributed by atoms with Gasteiger partial charge in [0.2, 0.25) is 11.8 Å². The maximum atomic E-state index is 13.2. The van der Waals surface area contributed by atoms with Crippen molar-refractivity contribution >= 4 is 11.8 Å². The van der Waals surface area contributed by atoms with Crippen molar-refractivity contribution in [3.8, 4) is 0 Å².